The molecule has 9 nitrogen and oxygen atoms in total. The van der Waals surface area contributed by atoms with Crippen LogP contribution in [-0.2, 0) is 16.9 Å². The molecule has 1 amide bonds. The molecule has 34 heavy (non-hydrogen) atoms. The fourth-order valence-electron chi connectivity index (χ4n) is 7.34. The number of carbonyl (C=O) groups excluding carboxylic acids is 1. The molecule has 4 saturated carbocycles. The van der Waals surface area contributed by atoms with E-state index in [1.807, 2.05) is 23.2 Å². The summed E-state index contributed by atoms with van der Waals surface area (Å²) >= 11 is 6.87. The third-order valence-corrected chi connectivity index (χ3v) is 9.87. The molecule has 0 spiro atoms. The summed E-state index contributed by atoms with van der Waals surface area (Å²) in [5.74, 6) is 1.09. The molecular weight excluding hydrogens is 568 g/mol. The minimum Gasteiger partial charge on any atom is -0.358 e. The number of nitrogens with zero attached hydrogens (tertiary/aromatic N) is 5. The highest BCUT2D eigenvalue weighted by molar-refractivity contribution is 9.11. The predicted octanol–water partition coefficient (Wildman–Crippen LogP) is 5.02. The fourth-order valence-corrected chi connectivity index (χ4v) is 8.04. The van der Waals surface area contributed by atoms with Gasteiger partial charge in [-0.25, -0.2) is 0 Å². The standard InChI is InChI=1S/C23H30Br2N6O3/c1-14-20(25)15(2)29(27-14)5-3-4-26-19(32)11-22-7-16-6-17(8-22)10-23(9-16,13-22)30-12-18(24)21(28-30)31(33)34/h12,16-17H,3-11,13H2,1-2H3,(H,26,32). The van der Waals surface area contributed by atoms with E-state index in [-0.39, 0.29) is 22.7 Å². The smallest absolute Gasteiger partial charge is 0.358 e. The highest BCUT2D eigenvalue weighted by Gasteiger charge is 2.60. The normalized spacial score (nSPS) is 29.5. The lowest BCUT2D eigenvalue weighted by Crippen LogP contribution is -2.57. The minimum absolute atomic E-state index is 0.0398. The van der Waals surface area contributed by atoms with Crippen molar-refractivity contribution in [3.8, 4) is 0 Å². The summed E-state index contributed by atoms with van der Waals surface area (Å²) in [5, 5.41) is 23.4. The van der Waals surface area contributed by atoms with Gasteiger partial charge < -0.3 is 15.4 Å². The molecule has 11 heteroatoms. The lowest BCUT2D eigenvalue weighted by Gasteiger charge is -2.61. The van der Waals surface area contributed by atoms with Gasteiger partial charge in [0.1, 0.15) is 4.47 Å². The van der Waals surface area contributed by atoms with E-state index in [0.717, 1.165) is 60.9 Å². The Morgan fingerprint density at radius 1 is 1.24 bits per heavy atom. The minimum atomic E-state index is -0.435. The molecule has 2 atom stereocenters. The number of halogens is 2. The number of hydrogen-bond donors (Lipinski definition) is 1. The molecule has 4 aliphatic rings. The highest BCUT2D eigenvalue weighted by atomic mass is 79.9. The molecule has 1 N–H and O–H groups in total. The number of nitrogens with one attached hydrogen (secondary N) is 1. The highest BCUT2D eigenvalue weighted by Crippen LogP contribution is 2.65. The van der Waals surface area contributed by atoms with E-state index >= 15 is 0 Å². The first-order valence-corrected chi connectivity index (χ1v) is 13.5. The van der Waals surface area contributed by atoms with E-state index in [1.165, 1.54) is 6.42 Å². The number of aromatic nitrogens is 4. The van der Waals surface area contributed by atoms with Crippen LogP contribution in [0.3, 0.4) is 0 Å². The van der Waals surface area contributed by atoms with Crippen LogP contribution in [0, 0.1) is 41.2 Å². The van der Waals surface area contributed by atoms with Crippen molar-refractivity contribution in [3.63, 3.8) is 0 Å². The summed E-state index contributed by atoms with van der Waals surface area (Å²) in [6, 6.07) is 0. The van der Waals surface area contributed by atoms with Gasteiger partial charge in [0.15, 0.2) is 0 Å². The van der Waals surface area contributed by atoms with Gasteiger partial charge in [-0.05, 0) is 113 Å². The molecule has 4 bridgehead atoms. The van der Waals surface area contributed by atoms with Crippen molar-refractivity contribution in [1.29, 1.82) is 0 Å². The lowest BCUT2D eigenvalue weighted by molar-refractivity contribution is -0.390. The second-order valence-corrected chi connectivity index (χ2v) is 12.4. The van der Waals surface area contributed by atoms with E-state index in [9.17, 15) is 14.9 Å². The molecule has 0 radical (unpaired) electrons. The summed E-state index contributed by atoms with van der Waals surface area (Å²) in [6.45, 7) is 5.41. The molecule has 2 aromatic heterocycles. The van der Waals surface area contributed by atoms with Crippen LogP contribution < -0.4 is 5.32 Å². The van der Waals surface area contributed by atoms with Gasteiger partial charge in [0, 0.05) is 25.2 Å². The number of aryl methyl sites for hydroxylation is 2. The molecular formula is C23H30Br2N6O3. The van der Waals surface area contributed by atoms with Crippen LogP contribution in [0.5, 0.6) is 0 Å². The number of rotatable bonds is 8. The van der Waals surface area contributed by atoms with Crippen molar-refractivity contribution in [2.24, 2.45) is 17.3 Å². The Labute approximate surface area is 215 Å². The zero-order valence-corrected chi connectivity index (χ0v) is 22.7. The van der Waals surface area contributed by atoms with Crippen LogP contribution in [-0.4, -0.2) is 36.9 Å². The molecule has 2 aromatic rings. The predicted molar refractivity (Wildman–Crippen MR) is 133 cm³/mol. The van der Waals surface area contributed by atoms with Crippen molar-refractivity contribution in [3.05, 3.63) is 36.6 Å². The molecule has 0 saturated heterocycles. The number of amides is 1. The average molecular weight is 598 g/mol. The zero-order chi connectivity index (χ0) is 24.3. The van der Waals surface area contributed by atoms with Gasteiger partial charge in [0.2, 0.25) is 5.91 Å². The Bertz CT molecular complexity index is 1130. The Morgan fingerprint density at radius 2 is 1.94 bits per heavy atom. The molecule has 0 aliphatic heterocycles. The van der Waals surface area contributed by atoms with Gasteiger partial charge in [0.05, 0.1) is 27.0 Å². The van der Waals surface area contributed by atoms with Gasteiger partial charge in [-0.1, -0.05) is 0 Å². The Balaban J connectivity index is 1.23. The van der Waals surface area contributed by atoms with Crippen molar-refractivity contribution in [2.45, 2.75) is 77.3 Å². The second-order valence-electron chi connectivity index (χ2n) is 10.8. The summed E-state index contributed by atoms with van der Waals surface area (Å²) in [4.78, 5) is 23.9. The number of carbonyl (C=O) groups is 1. The first kappa shape index (κ1) is 24.0. The molecule has 2 unspecified atom stereocenters. The van der Waals surface area contributed by atoms with E-state index in [2.05, 4.69) is 47.4 Å². The Hall–Kier alpha value is -1.75. The van der Waals surface area contributed by atoms with Crippen molar-refractivity contribution in [2.75, 3.05) is 6.54 Å². The topological polar surface area (TPSA) is 108 Å². The lowest BCUT2D eigenvalue weighted by atomic mass is 9.46. The quantitative estimate of drug-likeness (QED) is 0.261. The monoisotopic (exact) mass is 596 g/mol. The molecule has 184 valence electrons. The van der Waals surface area contributed by atoms with E-state index < -0.39 is 4.92 Å². The van der Waals surface area contributed by atoms with Crippen LogP contribution in [0.4, 0.5) is 5.82 Å². The zero-order valence-electron chi connectivity index (χ0n) is 19.5. The fraction of sp³-hybridized carbons (Fsp3) is 0.696. The van der Waals surface area contributed by atoms with Crippen molar-refractivity contribution in [1.82, 2.24) is 24.9 Å². The summed E-state index contributed by atoms with van der Waals surface area (Å²) < 4.78 is 5.30. The van der Waals surface area contributed by atoms with Crippen LogP contribution in [0.15, 0.2) is 15.1 Å². The number of nitro groups is 1. The molecule has 6 rings (SSSR count). The molecule has 0 aromatic carbocycles. The van der Waals surface area contributed by atoms with Gasteiger partial charge >= 0.3 is 5.82 Å². The third kappa shape index (κ3) is 4.23. The van der Waals surface area contributed by atoms with Crippen LogP contribution in [0.25, 0.3) is 0 Å². The number of hydrogen-bond acceptors (Lipinski definition) is 5. The average Bonchev–Trinajstić information content (AvgIpc) is 3.26. The van der Waals surface area contributed by atoms with E-state index in [0.29, 0.717) is 29.3 Å². The summed E-state index contributed by atoms with van der Waals surface area (Å²) in [7, 11) is 0. The molecule has 2 heterocycles. The van der Waals surface area contributed by atoms with E-state index in [4.69, 9.17) is 0 Å². The van der Waals surface area contributed by atoms with Crippen LogP contribution >= 0.6 is 31.9 Å². The first-order chi connectivity index (χ1) is 16.1. The van der Waals surface area contributed by atoms with Gasteiger partial charge in [-0.2, -0.15) is 9.78 Å². The van der Waals surface area contributed by atoms with Gasteiger partial charge in [0.25, 0.3) is 0 Å². The largest absolute Gasteiger partial charge is 0.404 e. The summed E-state index contributed by atoms with van der Waals surface area (Å²) in [5.41, 5.74) is 1.83. The van der Waals surface area contributed by atoms with Gasteiger partial charge in [-0.15, -0.1) is 0 Å². The van der Waals surface area contributed by atoms with Crippen LogP contribution in [0.1, 0.15) is 62.8 Å². The second kappa shape index (κ2) is 8.72. The van der Waals surface area contributed by atoms with Gasteiger partial charge in [-0.3, -0.25) is 9.48 Å². The maximum absolute atomic E-state index is 13.0. The summed E-state index contributed by atoms with van der Waals surface area (Å²) in [6.07, 6.45) is 9.33. The Kier molecular flexibility index (Phi) is 6.15. The SMILES string of the molecule is Cc1nn(CCCNC(=O)CC23CC4CC(C2)CC(n2cc(Br)c([N+](=O)[O-])n2)(C4)C3)c(C)c1Br. The van der Waals surface area contributed by atoms with E-state index in [1.54, 1.807) is 6.20 Å². The van der Waals surface area contributed by atoms with Crippen molar-refractivity contribution < 1.29 is 9.72 Å². The maximum atomic E-state index is 13.0. The third-order valence-electron chi connectivity index (χ3n) is 8.16. The Morgan fingerprint density at radius 3 is 2.53 bits per heavy atom. The van der Waals surface area contributed by atoms with Crippen molar-refractivity contribution >= 4 is 43.6 Å². The van der Waals surface area contributed by atoms with Crippen LogP contribution in [0.2, 0.25) is 0 Å². The maximum Gasteiger partial charge on any atom is 0.404 e. The molecule has 4 aliphatic carbocycles. The first-order valence-electron chi connectivity index (χ1n) is 12.0. The molecule has 4 fully saturated rings.